The van der Waals surface area contributed by atoms with Crippen molar-refractivity contribution in [2.24, 2.45) is 10.7 Å². The maximum Gasteiger partial charge on any atom is 0.248 e. The lowest BCUT2D eigenvalue weighted by Gasteiger charge is -2.12. The Balaban J connectivity index is 2.04. The summed E-state index contributed by atoms with van der Waals surface area (Å²) in [6.07, 6.45) is 0. The molecule has 4 N–H and O–H groups in total. The number of hydrogen-bond donors (Lipinski definition) is 3. The molecule has 6 heteroatoms. The van der Waals surface area contributed by atoms with Crippen molar-refractivity contribution in [3.05, 3.63) is 71.0 Å². The molecule has 0 aromatic heterocycles. The standard InChI is InChI=1S/C18H21FN4O/c1-2-21-18(23-12-15-7-3-4-9-16(15)19)22-11-13-6-5-8-14(10-13)17(20)24/h3-10H,2,11-12H2,1H3,(H2,20,24)(H2,21,22,23). The molecule has 5 nitrogen and oxygen atoms in total. The smallest absolute Gasteiger partial charge is 0.248 e. The first-order valence-corrected chi connectivity index (χ1v) is 7.74. The molecule has 0 spiro atoms. The first-order chi connectivity index (χ1) is 11.6. The molecule has 0 radical (unpaired) electrons. The van der Waals surface area contributed by atoms with Gasteiger partial charge in [0.2, 0.25) is 5.91 Å². The number of benzene rings is 2. The van der Waals surface area contributed by atoms with Crippen molar-refractivity contribution in [1.29, 1.82) is 0 Å². The number of guanidine groups is 1. The average molecular weight is 328 g/mol. The third-order valence-electron chi connectivity index (χ3n) is 3.38. The van der Waals surface area contributed by atoms with E-state index in [9.17, 15) is 9.18 Å². The Morgan fingerprint density at radius 1 is 1.17 bits per heavy atom. The molecule has 0 saturated carbocycles. The fourth-order valence-corrected chi connectivity index (χ4v) is 2.16. The number of aliphatic imine (C=N–C) groups is 1. The van der Waals surface area contributed by atoms with Crippen molar-refractivity contribution < 1.29 is 9.18 Å². The minimum atomic E-state index is -0.467. The third kappa shape index (κ3) is 5.08. The number of rotatable bonds is 6. The zero-order valence-electron chi connectivity index (χ0n) is 13.6. The molecular weight excluding hydrogens is 307 g/mol. The van der Waals surface area contributed by atoms with Crippen LogP contribution < -0.4 is 16.4 Å². The Hall–Kier alpha value is -2.89. The van der Waals surface area contributed by atoms with E-state index in [4.69, 9.17) is 5.73 Å². The van der Waals surface area contributed by atoms with Crippen molar-refractivity contribution in [2.75, 3.05) is 6.54 Å². The van der Waals surface area contributed by atoms with Gasteiger partial charge in [-0.15, -0.1) is 0 Å². The van der Waals surface area contributed by atoms with Gasteiger partial charge in [-0.25, -0.2) is 9.38 Å². The Morgan fingerprint density at radius 2 is 1.96 bits per heavy atom. The largest absolute Gasteiger partial charge is 0.366 e. The van der Waals surface area contributed by atoms with E-state index >= 15 is 0 Å². The van der Waals surface area contributed by atoms with Crippen molar-refractivity contribution >= 4 is 11.9 Å². The summed E-state index contributed by atoms with van der Waals surface area (Å²) in [5.74, 6) is -0.148. The van der Waals surface area contributed by atoms with Gasteiger partial charge in [0, 0.05) is 24.2 Å². The van der Waals surface area contributed by atoms with Gasteiger partial charge in [0.15, 0.2) is 5.96 Å². The maximum atomic E-state index is 13.7. The molecule has 0 aliphatic rings. The van der Waals surface area contributed by atoms with Crippen molar-refractivity contribution in [1.82, 2.24) is 10.6 Å². The summed E-state index contributed by atoms with van der Waals surface area (Å²) in [6, 6.07) is 13.6. The fraction of sp³-hybridized carbons (Fsp3) is 0.222. The van der Waals surface area contributed by atoms with E-state index in [-0.39, 0.29) is 5.82 Å². The van der Waals surface area contributed by atoms with Gasteiger partial charge in [0.25, 0.3) is 0 Å². The van der Waals surface area contributed by atoms with Crippen LogP contribution in [-0.2, 0) is 13.1 Å². The molecule has 0 fully saturated rings. The molecule has 0 aliphatic heterocycles. The van der Waals surface area contributed by atoms with E-state index in [2.05, 4.69) is 15.6 Å². The molecule has 0 unspecified atom stereocenters. The Morgan fingerprint density at radius 3 is 2.67 bits per heavy atom. The van der Waals surface area contributed by atoms with E-state index in [1.165, 1.54) is 6.07 Å². The van der Waals surface area contributed by atoms with Crippen LogP contribution in [0.2, 0.25) is 0 Å². The molecule has 24 heavy (non-hydrogen) atoms. The zero-order chi connectivity index (χ0) is 17.4. The van der Waals surface area contributed by atoms with E-state index in [1.54, 1.807) is 36.4 Å². The van der Waals surface area contributed by atoms with Gasteiger partial charge in [0.1, 0.15) is 5.82 Å². The van der Waals surface area contributed by atoms with Crippen molar-refractivity contribution in [2.45, 2.75) is 20.0 Å². The van der Waals surface area contributed by atoms with E-state index in [0.29, 0.717) is 36.7 Å². The SMILES string of the molecule is CCNC(=NCc1cccc(C(N)=O)c1)NCc1ccccc1F. The topological polar surface area (TPSA) is 79.5 Å². The summed E-state index contributed by atoms with van der Waals surface area (Å²) in [6.45, 7) is 3.35. The van der Waals surface area contributed by atoms with Crippen LogP contribution in [0.5, 0.6) is 0 Å². The summed E-state index contributed by atoms with van der Waals surface area (Å²) in [5.41, 5.74) is 7.17. The molecule has 2 aromatic carbocycles. The minimum absolute atomic E-state index is 0.255. The van der Waals surface area contributed by atoms with Crippen LogP contribution in [-0.4, -0.2) is 18.4 Å². The molecule has 126 valence electrons. The van der Waals surface area contributed by atoms with Gasteiger partial charge < -0.3 is 16.4 Å². The summed E-state index contributed by atoms with van der Waals surface area (Å²) in [4.78, 5) is 15.7. The molecule has 0 saturated heterocycles. The predicted octanol–water partition coefficient (Wildman–Crippen LogP) is 2.18. The number of carbonyl (C=O) groups excluding carboxylic acids is 1. The van der Waals surface area contributed by atoms with Gasteiger partial charge >= 0.3 is 0 Å². The summed E-state index contributed by atoms with van der Waals surface area (Å²) < 4.78 is 13.7. The van der Waals surface area contributed by atoms with Crippen molar-refractivity contribution in [3.8, 4) is 0 Å². The van der Waals surface area contributed by atoms with Gasteiger partial charge in [0.05, 0.1) is 6.54 Å². The molecule has 2 rings (SSSR count). The number of primary amides is 1. The second-order valence-electron chi connectivity index (χ2n) is 5.20. The number of carbonyl (C=O) groups is 1. The normalized spacial score (nSPS) is 11.2. The van der Waals surface area contributed by atoms with Crippen LogP contribution in [0.1, 0.15) is 28.4 Å². The minimum Gasteiger partial charge on any atom is -0.366 e. The third-order valence-corrected chi connectivity index (χ3v) is 3.38. The highest BCUT2D eigenvalue weighted by Crippen LogP contribution is 2.07. The Kier molecular flexibility index (Phi) is 6.31. The van der Waals surface area contributed by atoms with E-state index < -0.39 is 5.91 Å². The summed E-state index contributed by atoms with van der Waals surface area (Å²) in [7, 11) is 0. The van der Waals surface area contributed by atoms with Crippen molar-refractivity contribution in [3.63, 3.8) is 0 Å². The lowest BCUT2D eigenvalue weighted by Crippen LogP contribution is -2.37. The lowest BCUT2D eigenvalue weighted by molar-refractivity contribution is 0.1000. The molecular formula is C18H21FN4O. The van der Waals surface area contributed by atoms with Gasteiger partial charge in [-0.2, -0.15) is 0 Å². The van der Waals surface area contributed by atoms with E-state index in [0.717, 1.165) is 5.56 Å². The zero-order valence-corrected chi connectivity index (χ0v) is 13.6. The highest BCUT2D eigenvalue weighted by Gasteiger charge is 2.04. The summed E-state index contributed by atoms with van der Waals surface area (Å²) in [5, 5.41) is 6.20. The lowest BCUT2D eigenvalue weighted by atomic mass is 10.1. The molecule has 0 aliphatic carbocycles. The Labute approximate surface area is 140 Å². The Bertz CT molecular complexity index is 730. The average Bonchev–Trinajstić information content (AvgIpc) is 2.59. The predicted molar refractivity (Wildman–Crippen MR) is 93.0 cm³/mol. The quantitative estimate of drug-likeness (QED) is 0.562. The first kappa shape index (κ1) is 17.5. The molecule has 1 amide bonds. The van der Waals surface area contributed by atoms with Crippen LogP contribution in [0.15, 0.2) is 53.5 Å². The number of nitrogens with two attached hydrogens (primary N) is 1. The number of nitrogens with zero attached hydrogens (tertiary/aromatic N) is 1. The van der Waals surface area contributed by atoms with Crippen LogP contribution >= 0.6 is 0 Å². The number of nitrogens with one attached hydrogen (secondary N) is 2. The van der Waals surface area contributed by atoms with E-state index in [1.807, 2.05) is 13.0 Å². The number of halogens is 1. The highest BCUT2D eigenvalue weighted by atomic mass is 19.1. The molecule has 0 atom stereocenters. The van der Waals surface area contributed by atoms with Crippen LogP contribution in [0.4, 0.5) is 4.39 Å². The van der Waals surface area contributed by atoms with Gasteiger partial charge in [-0.1, -0.05) is 30.3 Å². The highest BCUT2D eigenvalue weighted by molar-refractivity contribution is 5.92. The molecule has 0 bridgehead atoms. The number of amides is 1. The second-order valence-corrected chi connectivity index (χ2v) is 5.20. The molecule has 0 heterocycles. The van der Waals surface area contributed by atoms with Gasteiger partial charge in [-0.3, -0.25) is 4.79 Å². The van der Waals surface area contributed by atoms with Crippen LogP contribution in [0.3, 0.4) is 0 Å². The maximum absolute atomic E-state index is 13.7. The number of hydrogen-bond acceptors (Lipinski definition) is 2. The van der Waals surface area contributed by atoms with Crippen LogP contribution in [0, 0.1) is 5.82 Å². The van der Waals surface area contributed by atoms with Gasteiger partial charge in [-0.05, 0) is 30.7 Å². The second kappa shape index (κ2) is 8.67. The molecule has 2 aromatic rings. The first-order valence-electron chi connectivity index (χ1n) is 7.74. The van der Waals surface area contributed by atoms with Crippen LogP contribution in [0.25, 0.3) is 0 Å². The summed E-state index contributed by atoms with van der Waals surface area (Å²) >= 11 is 0. The fourth-order valence-electron chi connectivity index (χ4n) is 2.16. The monoisotopic (exact) mass is 328 g/mol.